The zero-order valence-electron chi connectivity index (χ0n) is 13.3. The normalized spacial score (nSPS) is 14.4. The molecule has 1 fully saturated rings. The van der Waals surface area contributed by atoms with Gasteiger partial charge in [0, 0.05) is 22.3 Å². The number of halogens is 2. The fraction of sp³-hybridized carbons (Fsp3) is 0.235. The van der Waals surface area contributed by atoms with E-state index in [4.69, 9.17) is 11.6 Å². The van der Waals surface area contributed by atoms with Crippen molar-refractivity contribution in [2.24, 2.45) is 0 Å². The largest absolute Gasteiger partial charge is 0.322 e. The maximum absolute atomic E-state index is 14.0. The third-order valence-electron chi connectivity index (χ3n) is 3.90. The molecular weight excluding hydrogens is 367 g/mol. The van der Waals surface area contributed by atoms with Crippen LogP contribution in [0, 0.1) is 12.7 Å². The van der Waals surface area contributed by atoms with Gasteiger partial charge in [-0.1, -0.05) is 17.7 Å². The number of hydrogen-bond donors (Lipinski definition) is 2. The molecule has 3 rings (SSSR count). The summed E-state index contributed by atoms with van der Waals surface area (Å²) in [6.45, 7) is 1.75. The van der Waals surface area contributed by atoms with E-state index < -0.39 is 26.6 Å². The zero-order chi connectivity index (χ0) is 18.2. The molecule has 25 heavy (non-hydrogen) atoms. The molecule has 0 bridgehead atoms. The quantitative estimate of drug-likeness (QED) is 0.831. The van der Waals surface area contributed by atoms with E-state index in [-0.39, 0.29) is 11.6 Å². The van der Waals surface area contributed by atoms with Crippen molar-refractivity contribution in [2.45, 2.75) is 30.7 Å². The Labute approximate surface area is 150 Å². The maximum Gasteiger partial charge on any atom is 0.255 e. The van der Waals surface area contributed by atoms with Gasteiger partial charge in [0.2, 0.25) is 10.0 Å². The highest BCUT2D eigenvalue weighted by Gasteiger charge is 2.30. The topological polar surface area (TPSA) is 75.3 Å². The zero-order valence-corrected chi connectivity index (χ0v) is 14.9. The Morgan fingerprint density at radius 1 is 1.24 bits per heavy atom. The SMILES string of the molecule is Cc1c(Cl)cccc1NC(=O)c1ccc(F)c(S(=O)(=O)NC2CC2)c1. The predicted molar refractivity (Wildman–Crippen MR) is 93.9 cm³/mol. The van der Waals surface area contributed by atoms with Gasteiger partial charge in [-0.25, -0.2) is 17.5 Å². The average Bonchev–Trinajstić information content (AvgIpc) is 3.35. The molecule has 0 heterocycles. The van der Waals surface area contributed by atoms with E-state index in [0.717, 1.165) is 25.0 Å². The lowest BCUT2D eigenvalue weighted by molar-refractivity contribution is 0.102. The average molecular weight is 383 g/mol. The molecule has 0 radical (unpaired) electrons. The predicted octanol–water partition coefficient (Wildman–Crippen LogP) is 3.48. The van der Waals surface area contributed by atoms with Crippen LogP contribution in [-0.2, 0) is 10.0 Å². The molecule has 0 unspecified atom stereocenters. The number of nitrogens with one attached hydrogen (secondary N) is 2. The van der Waals surface area contributed by atoms with Gasteiger partial charge in [-0.3, -0.25) is 4.79 Å². The van der Waals surface area contributed by atoms with Gasteiger partial charge < -0.3 is 5.32 Å². The van der Waals surface area contributed by atoms with Gasteiger partial charge in [0.25, 0.3) is 5.91 Å². The summed E-state index contributed by atoms with van der Waals surface area (Å²) in [5.41, 5.74) is 1.22. The lowest BCUT2D eigenvalue weighted by atomic mass is 10.1. The van der Waals surface area contributed by atoms with E-state index >= 15 is 0 Å². The van der Waals surface area contributed by atoms with E-state index in [1.54, 1.807) is 25.1 Å². The molecule has 0 aliphatic heterocycles. The van der Waals surface area contributed by atoms with E-state index in [9.17, 15) is 17.6 Å². The molecule has 0 saturated heterocycles. The Balaban J connectivity index is 1.88. The maximum atomic E-state index is 14.0. The van der Waals surface area contributed by atoms with Crippen molar-refractivity contribution in [3.8, 4) is 0 Å². The summed E-state index contributed by atoms with van der Waals surface area (Å²) in [5.74, 6) is -1.45. The summed E-state index contributed by atoms with van der Waals surface area (Å²) in [6.07, 6.45) is 1.46. The monoisotopic (exact) mass is 382 g/mol. The highest BCUT2D eigenvalue weighted by atomic mass is 35.5. The van der Waals surface area contributed by atoms with Crippen LogP contribution < -0.4 is 10.0 Å². The number of carbonyl (C=O) groups is 1. The minimum atomic E-state index is -4.00. The molecule has 2 aromatic rings. The van der Waals surface area contributed by atoms with Crippen molar-refractivity contribution in [3.05, 3.63) is 58.4 Å². The Morgan fingerprint density at radius 3 is 2.64 bits per heavy atom. The molecule has 1 saturated carbocycles. The molecule has 1 aliphatic rings. The summed E-state index contributed by atoms with van der Waals surface area (Å²) < 4.78 is 40.8. The second-order valence-electron chi connectivity index (χ2n) is 5.91. The summed E-state index contributed by atoms with van der Waals surface area (Å²) in [4.78, 5) is 11.9. The van der Waals surface area contributed by atoms with Crippen LogP contribution in [0.25, 0.3) is 0 Å². The van der Waals surface area contributed by atoms with Crippen molar-refractivity contribution in [2.75, 3.05) is 5.32 Å². The highest BCUT2D eigenvalue weighted by Crippen LogP contribution is 2.26. The molecule has 0 aromatic heterocycles. The Hall–Kier alpha value is -1.96. The molecule has 0 spiro atoms. The Bertz CT molecular complexity index is 943. The number of benzene rings is 2. The first-order chi connectivity index (χ1) is 11.8. The summed E-state index contributed by atoms with van der Waals surface area (Å²) in [7, 11) is -4.00. The lowest BCUT2D eigenvalue weighted by Crippen LogP contribution is -2.27. The minimum absolute atomic E-state index is 0.0388. The van der Waals surface area contributed by atoms with E-state index in [2.05, 4.69) is 10.0 Å². The molecule has 1 aliphatic carbocycles. The first-order valence-corrected chi connectivity index (χ1v) is 9.52. The number of amides is 1. The molecule has 2 aromatic carbocycles. The van der Waals surface area contributed by atoms with Crippen LogP contribution in [0.3, 0.4) is 0 Å². The van der Waals surface area contributed by atoms with Gasteiger partial charge >= 0.3 is 0 Å². The van der Waals surface area contributed by atoms with Crippen molar-refractivity contribution in [1.82, 2.24) is 4.72 Å². The number of sulfonamides is 1. The smallest absolute Gasteiger partial charge is 0.255 e. The van der Waals surface area contributed by atoms with Crippen molar-refractivity contribution >= 4 is 33.2 Å². The van der Waals surface area contributed by atoms with Gasteiger partial charge in [-0.05, 0) is 55.7 Å². The molecule has 5 nitrogen and oxygen atoms in total. The number of rotatable bonds is 5. The standard InChI is InChI=1S/C17H16ClFN2O3S/c1-10-13(18)3-2-4-15(10)20-17(22)11-5-8-14(19)16(9-11)25(23,24)21-12-6-7-12/h2-5,8-9,12,21H,6-7H2,1H3,(H,20,22). The second-order valence-corrected chi connectivity index (χ2v) is 8.00. The number of hydrogen-bond acceptors (Lipinski definition) is 3. The van der Waals surface area contributed by atoms with Gasteiger partial charge in [-0.2, -0.15) is 0 Å². The van der Waals surface area contributed by atoms with E-state index in [1.807, 2.05) is 0 Å². The van der Waals surface area contributed by atoms with Crippen LogP contribution in [0.1, 0.15) is 28.8 Å². The van der Waals surface area contributed by atoms with E-state index in [0.29, 0.717) is 16.3 Å². The fourth-order valence-electron chi connectivity index (χ4n) is 2.27. The van der Waals surface area contributed by atoms with Crippen LogP contribution in [0.2, 0.25) is 5.02 Å². The van der Waals surface area contributed by atoms with Crippen molar-refractivity contribution in [1.29, 1.82) is 0 Å². The molecule has 2 N–H and O–H groups in total. The number of anilines is 1. The fourth-order valence-corrected chi connectivity index (χ4v) is 3.85. The Morgan fingerprint density at radius 2 is 1.96 bits per heavy atom. The van der Waals surface area contributed by atoms with Gasteiger partial charge in [0.1, 0.15) is 10.7 Å². The van der Waals surface area contributed by atoms with Crippen LogP contribution in [0.4, 0.5) is 10.1 Å². The first kappa shape index (κ1) is 17.8. The summed E-state index contributed by atoms with van der Waals surface area (Å²) in [6, 6.07) is 8.14. The van der Waals surface area contributed by atoms with Gasteiger partial charge in [0.15, 0.2) is 0 Å². The lowest BCUT2D eigenvalue weighted by Gasteiger charge is -2.11. The van der Waals surface area contributed by atoms with Crippen LogP contribution >= 0.6 is 11.6 Å². The third kappa shape index (κ3) is 4.00. The van der Waals surface area contributed by atoms with Crippen molar-refractivity contribution in [3.63, 3.8) is 0 Å². The molecule has 8 heteroatoms. The summed E-state index contributed by atoms with van der Waals surface area (Å²) in [5, 5.41) is 3.15. The second kappa shape index (κ2) is 6.74. The van der Waals surface area contributed by atoms with Crippen LogP contribution in [-0.4, -0.2) is 20.4 Å². The number of carbonyl (C=O) groups excluding carboxylic acids is 1. The molecule has 0 atom stereocenters. The molecule has 1 amide bonds. The molecule has 132 valence electrons. The van der Waals surface area contributed by atoms with Crippen molar-refractivity contribution < 1.29 is 17.6 Å². The van der Waals surface area contributed by atoms with Crippen LogP contribution in [0.15, 0.2) is 41.3 Å². The third-order valence-corrected chi connectivity index (χ3v) is 5.84. The van der Waals surface area contributed by atoms with Gasteiger partial charge in [0.05, 0.1) is 0 Å². The van der Waals surface area contributed by atoms with E-state index in [1.165, 1.54) is 6.07 Å². The molecular formula is C17H16ClFN2O3S. The van der Waals surface area contributed by atoms with Gasteiger partial charge in [-0.15, -0.1) is 0 Å². The first-order valence-electron chi connectivity index (χ1n) is 7.66. The highest BCUT2D eigenvalue weighted by molar-refractivity contribution is 7.89. The minimum Gasteiger partial charge on any atom is -0.322 e. The van der Waals surface area contributed by atoms with Crippen LogP contribution in [0.5, 0.6) is 0 Å². The Kier molecular flexibility index (Phi) is 4.81. The summed E-state index contributed by atoms with van der Waals surface area (Å²) >= 11 is 6.02.